The summed E-state index contributed by atoms with van der Waals surface area (Å²) >= 11 is 0. The molecule has 0 aliphatic rings. The second-order valence-corrected chi connectivity index (χ2v) is 5.54. The van der Waals surface area contributed by atoms with Gasteiger partial charge in [0, 0.05) is 24.9 Å². The number of amides is 2. The van der Waals surface area contributed by atoms with E-state index in [4.69, 9.17) is 4.74 Å². The third-order valence-electron chi connectivity index (χ3n) is 3.48. The molecule has 6 nitrogen and oxygen atoms in total. The van der Waals surface area contributed by atoms with Crippen LogP contribution >= 0.6 is 0 Å². The number of hydrogen-bond donors (Lipinski definition) is 1. The lowest BCUT2D eigenvalue weighted by molar-refractivity contribution is -0.129. The smallest absolute Gasteiger partial charge is 0.246 e. The summed E-state index contributed by atoms with van der Waals surface area (Å²) in [6, 6.07) is 11.0. The Morgan fingerprint density at radius 1 is 1.28 bits per heavy atom. The molecule has 0 aliphatic heterocycles. The number of carbonyl (C=O) groups is 2. The number of nitrogens with zero attached hydrogens (tertiary/aromatic N) is 2. The highest BCUT2D eigenvalue weighted by Gasteiger charge is 2.11. The van der Waals surface area contributed by atoms with Crippen molar-refractivity contribution in [3.05, 3.63) is 59.8 Å². The van der Waals surface area contributed by atoms with Gasteiger partial charge in [-0.15, -0.1) is 0 Å². The zero-order valence-electron chi connectivity index (χ0n) is 14.5. The Kier molecular flexibility index (Phi) is 6.28. The van der Waals surface area contributed by atoms with Crippen molar-refractivity contribution >= 4 is 23.7 Å². The molecule has 0 fully saturated rings. The van der Waals surface area contributed by atoms with Gasteiger partial charge in [0.05, 0.1) is 13.7 Å². The van der Waals surface area contributed by atoms with Gasteiger partial charge in [0.2, 0.25) is 11.8 Å². The molecule has 0 aliphatic carbocycles. The van der Waals surface area contributed by atoms with Crippen molar-refractivity contribution in [1.82, 2.24) is 9.88 Å². The Balaban J connectivity index is 1.93. The van der Waals surface area contributed by atoms with E-state index in [9.17, 15) is 9.59 Å². The highest BCUT2D eigenvalue weighted by molar-refractivity contribution is 5.97. The minimum Gasteiger partial charge on any atom is -0.496 e. The SMILES string of the molecule is COc1ccccc1/C=C\C(=O)N(C)CC(=O)Nc1cc(C)ccn1. The fourth-order valence-electron chi connectivity index (χ4n) is 2.17. The van der Waals surface area contributed by atoms with E-state index in [-0.39, 0.29) is 18.4 Å². The zero-order chi connectivity index (χ0) is 18.2. The van der Waals surface area contributed by atoms with Crippen LogP contribution in [0.1, 0.15) is 11.1 Å². The number of aryl methyl sites for hydroxylation is 1. The second kappa shape index (κ2) is 8.63. The number of carbonyl (C=O) groups excluding carboxylic acids is 2. The monoisotopic (exact) mass is 339 g/mol. The van der Waals surface area contributed by atoms with E-state index >= 15 is 0 Å². The molecule has 1 heterocycles. The van der Waals surface area contributed by atoms with E-state index < -0.39 is 0 Å². The van der Waals surface area contributed by atoms with Crippen molar-refractivity contribution in [2.75, 3.05) is 26.0 Å². The third kappa shape index (κ3) is 5.46. The standard InChI is InChI=1S/C19H21N3O3/c1-14-10-11-20-17(12-14)21-18(23)13-22(2)19(24)9-8-15-6-4-5-7-16(15)25-3/h4-12H,13H2,1-3H3,(H,20,21,23)/b9-8-. The molecule has 0 spiro atoms. The van der Waals surface area contributed by atoms with Crippen LogP contribution in [-0.2, 0) is 9.59 Å². The largest absolute Gasteiger partial charge is 0.496 e. The quantitative estimate of drug-likeness (QED) is 0.821. The lowest BCUT2D eigenvalue weighted by Gasteiger charge is -2.14. The maximum atomic E-state index is 12.2. The lowest BCUT2D eigenvalue weighted by atomic mass is 10.2. The van der Waals surface area contributed by atoms with Gasteiger partial charge in [-0.25, -0.2) is 4.98 Å². The van der Waals surface area contributed by atoms with Crippen LogP contribution in [0.25, 0.3) is 6.08 Å². The van der Waals surface area contributed by atoms with Gasteiger partial charge >= 0.3 is 0 Å². The summed E-state index contributed by atoms with van der Waals surface area (Å²) in [4.78, 5) is 29.6. The normalized spacial score (nSPS) is 10.5. The Morgan fingerprint density at radius 2 is 2.04 bits per heavy atom. The first-order valence-corrected chi connectivity index (χ1v) is 7.78. The van der Waals surface area contributed by atoms with Crippen molar-refractivity contribution in [1.29, 1.82) is 0 Å². The summed E-state index contributed by atoms with van der Waals surface area (Å²) in [6.07, 6.45) is 4.70. The molecule has 2 rings (SSSR count). The molecule has 1 aromatic carbocycles. The molecule has 2 aromatic rings. The molecule has 0 atom stereocenters. The number of hydrogen-bond acceptors (Lipinski definition) is 4. The van der Waals surface area contributed by atoms with Gasteiger partial charge in [-0.05, 0) is 36.8 Å². The number of rotatable bonds is 6. The summed E-state index contributed by atoms with van der Waals surface area (Å²) < 4.78 is 5.23. The van der Waals surface area contributed by atoms with Crippen LogP contribution in [0.5, 0.6) is 5.75 Å². The first-order chi connectivity index (χ1) is 12.0. The van der Waals surface area contributed by atoms with Crippen LogP contribution < -0.4 is 10.1 Å². The number of nitrogens with one attached hydrogen (secondary N) is 1. The minimum atomic E-state index is -0.306. The van der Waals surface area contributed by atoms with Crippen LogP contribution in [-0.4, -0.2) is 42.4 Å². The Labute approximate surface area is 147 Å². The summed E-state index contributed by atoms with van der Waals surface area (Å²) in [5.74, 6) is 0.561. The number of likely N-dealkylation sites (N-methyl/N-ethyl adjacent to an activating group) is 1. The summed E-state index contributed by atoms with van der Waals surface area (Å²) in [5.41, 5.74) is 1.79. The average Bonchev–Trinajstić information content (AvgIpc) is 2.59. The van der Waals surface area contributed by atoms with Crippen LogP contribution in [0, 0.1) is 6.92 Å². The van der Waals surface area contributed by atoms with Crippen molar-refractivity contribution in [2.24, 2.45) is 0 Å². The fraction of sp³-hybridized carbons (Fsp3) is 0.211. The van der Waals surface area contributed by atoms with Crippen LogP contribution in [0.2, 0.25) is 0 Å². The number of pyridine rings is 1. The molecule has 0 saturated heterocycles. The van der Waals surface area contributed by atoms with Gasteiger partial charge in [-0.2, -0.15) is 0 Å². The first-order valence-electron chi connectivity index (χ1n) is 7.78. The van der Waals surface area contributed by atoms with E-state index in [1.807, 2.05) is 37.3 Å². The summed E-state index contributed by atoms with van der Waals surface area (Å²) in [6.45, 7) is 1.85. The maximum Gasteiger partial charge on any atom is 0.246 e. The van der Waals surface area contributed by atoms with Gasteiger partial charge < -0.3 is 15.0 Å². The number of benzene rings is 1. The fourth-order valence-corrected chi connectivity index (χ4v) is 2.17. The van der Waals surface area contributed by atoms with E-state index in [1.165, 1.54) is 11.0 Å². The molecule has 0 radical (unpaired) electrons. The molecule has 0 bridgehead atoms. The van der Waals surface area contributed by atoms with Crippen molar-refractivity contribution < 1.29 is 14.3 Å². The summed E-state index contributed by atoms with van der Waals surface area (Å²) in [7, 11) is 3.14. The Morgan fingerprint density at radius 3 is 2.76 bits per heavy atom. The highest BCUT2D eigenvalue weighted by atomic mass is 16.5. The molecule has 2 amide bonds. The zero-order valence-corrected chi connectivity index (χ0v) is 14.5. The van der Waals surface area contributed by atoms with Crippen LogP contribution in [0.15, 0.2) is 48.7 Å². The van der Waals surface area contributed by atoms with E-state index in [0.29, 0.717) is 11.6 Å². The Bertz CT molecular complexity index is 787. The molecular formula is C19H21N3O3. The predicted molar refractivity (Wildman–Crippen MR) is 97.3 cm³/mol. The maximum absolute atomic E-state index is 12.2. The van der Waals surface area contributed by atoms with Gasteiger partial charge in [0.15, 0.2) is 0 Å². The van der Waals surface area contributed by atoms with Crippen LogP contribution in [0.3, 0.4) is 0 Å². The van der Waals surface area contributed by atoms with Gasteiger partial charge in [-0.1, -0.05) is 18.2 Å². The molecule has 0 saturated carbocycles. The second-order valence-electron chi connectivity index (χ2n) is 5.54. The molecule has 130 valence electrons. The first kappa shape index (κ1) is 18.2. The lowest BCUT2D eigenvalue weighted by Crippen LogP contribution is -2.34. The van der Waals surface area contributed by atoms with Gasteiger partial charge in [0.25, 0.3) is 0 Å². The summed E-state index contributed by atoms with van der Waals surface area (Å²) in [5, 5.41) is 2.67. The van der Waals surface area contributed by atoms with Crippen LogP contribution in [0.4, 0.5) is 5.82 Å². The molecule has 1 aromatic heterocycles. The molecule has 1 N–H and O–H groups in total. The van der Waals surface area contributed by atoms with Gasteiger partial charge in [-0.3, -0.25) is 9.59 Å². The Hall–Kier alpha value is -3.15. The average molecular weight is 339 g/mol. The third-order valence-corrected chi connectivity index (χ3v) is 3.48. The number of ether oxygens (including phenoxy) is 1. The molecule has 6 heteroatoms. The van der Waals surface area contributed by atoms with Crippen molar-refractivity contribution in [3.63, 3.8) is 0 Å². The van der Waals surface area contributed by atoms with E-state index in [1.54, 1.807) is 32.5 Å². The van der Waals surface area contributed by atoms with Crippen molar-refractivity contribution in [2.45, 2.75) is 6.92 Å². The molecule has 0 unspecified atom stereocenters. The highest BCUT2D eigenvalue weighted by Crippen LogP contribution is 2.18. The molecule has 25 heavy (non-hydrogen) atoms. The number of anilines is 1. The molecular weight excluding hydrogens is 318 g/mol. The number of para-hydroxylation sites is 1. The van der Waals surface area contributed by atoms with E-state index in [2.05, 4.69) is 10.3 Å². The van der Waals surface area contributed by atoms with E-state index in [0.717, 1.165) is 11.1 Å². The van der Waals surface area contributed by atoms with Crippen molar-refractivity contribution in [3.8, 4) is 5.75 Å². The number of methoxy groups -OCH3 is 1. The number of aromatic nitrogens is 1. The van der Waals surface area contributed by atoms with Gasteiger partial charge in [0.1, 0.15) is 11.6 Å². The topological polar surface area (TPSA) is 71.5 Å². The predicted octanol–water partition coefficient (Wildman–Crippen LogP) is 2.51. The minimum absolute atomic E-state index is 0.0648.